The summed E-state index contributed by atoms with van der Waals surface area (Å²) in [6.07, 6.45) is 4.95. The minimum Gasteiger partial charge on any atom is -0.332 e. The molecule has 1 N–H and O–H groups in total. The summed E-state index contributed by atoms with van der Waals surface area (Å²) >= 11 is 5.39. The van der Waals surface area contributed by atoms with Crippen molar-refractivity contribution in [2.24, 2.45) is 5.92 Å². The van der Waals surface area contributed by atoms with Crippen LogP contribution in [0.5, 0.6) is 0 Å². The Morgan fingerprint density at radius 1 is 1.32 bits per heavy atom. The Kier molecular flexibility index (Phi) is 3.27. The summed E-state index contributed by atoms with van der Waals surface area (Å²) in [7, 11) is 0. The molecule has 2 aromatic rings. The summed E-state index contributed by atoms with van der Waals surface area (Å²) < 4.78 is 2.32. The smallest absolute Gasteiger partial charge is 0.262 e. The van der Waals surface area contributed by atoms with Gasteiger partial charge in [-0.1, -0.05) is 25.0 Å². The number of hydrogen-bond donors (Lipinski definition) is 1. The van der Waals surface area contributed by atoms with E-state index >= 15 is 0 Å². The largest absolute Gasteiger partial charge is 0.332 e. The predicted octanol–water partition coefficient (Wildman–Crippen LogP) is 3.81. The second-order valence-electron chi connectivity index (χ2n) is 5.44. The van der Waals surface area contributed by atoms with Crippen LogP contribution in [0.4, 0.5) is 0 Å². The molecule has 1 aromatic heterocycles. The van der Waals surface area contributed by atoms with Crippen molar-refractivity contribution in [3.8, 4) is 0 Å². The van der Waals surface area contributed by atoms with E-state index < -0.39 is 0 Å². The lowest BCUT2D eigenvalue weighted by Gasteiger charge is -2.21. The maximum Gasteiger partial charge on any atom is 0.262 e. The van der Waals surface area contributed by atoms with Crippen molar-refractivity contribution < 1.29 is 0 Å². The van der Waals surface area contributed by atoms with Crippen LogP contribution in [0.15, 0.2) is 29.1 Å². The summed E-state index contributed by atoms with van der Waals surface area (Å²) in [5.74, 6) is 0.578. The highest BCUT2D eigenvalue weighted by Gasteiger charge is 2.24. The average Bonchev–Trinajstić information content (AvgIpc) is 2.92. The van der Waals surface area contributed by atoms with Crippen LogP contribution < -0.4 is 5.56 Å². The van der Waals surface area contributed by atoms with Gasteiger partial charge in [0.05, 0.1) is 10.9 Å². The van der Waals surface area contributed by atoms with Gasteiger partial charge < -0.3 is 4.98 Å². The normalized spacial score (nSPS) is 17.9. The van der Waals surface area contributed by atoms with E-state index in [9.17, 15) is 4.79 Å². The maximum atomic E-state index is 12.6. The zero-order valence-corrected chi connectivity index (χ0v) is 11.9. The Labute approximate surface area is 117 Å². The topological polar surface area (TPSA) is 37.8 Å². The first kappa shape index (κ1) is 12.6. The van der Waals surface area contributed by atoms with Crippen molar-refractivity contribution >= 4 is 23.1 Å². The first-order chi connectivity index (χ1) is 9.18. The third kappa shape index (κ3) is 2.14. The molecule has 0 amide bonds. The third-order valence-corrected chi connectivity index (χ3v) is 4.62. The summed E-state index contributed by atoms with van der Waals surface area (Å²) in [6, 6.07) is 7.75. The van der Waals surface area contributed by atoms with E-state index in [0.717, 1.165) is 10.9 Å². The van der Waals surface area contributed by atoms with Gasteiger partial charge >= 0.3 is 0 Å². The van der Waals surface area contributed by atoms with Crippen LogP contribution in [0.2, 0.25) is 0 Å². The number of nitrogens with zero attached hydrogens (tertiary/aromatic N) is 1. The molecule has 3 rings (SSSR count). The second kappa shape index (κ2) is 4.93. The molecule has 1 aromatic carbocycles. The molecule has 0 saturated heterocycles. The van der Waals surface area contributed by atoms with Crippen LogP contribution in [0.3, 0.4) is 0 Å². The van der Waals surface area contributed by atoms with E-state index in [1.54, 1.807) is 4.57 Å². The Morgan fingerprint density at radius 3 is 2.74 bits per heavy atom. The Hall–Kier alpha value is -1.42. The molecule has 1 heterocycles. The van der Waals surface area contributed by atoms with Crippen LogP contribution >= 0.6 is 12.2 Å². The summed E-state index contributed by atoms with van der Waals surface area (Å²) in [5, 5.41) is 0.723. The minimum atomic E-state index is 0.0405. The second-order valence-corrected chi connectivity index (χ2v) is 5.82. The van der Waals surface area contributed by atoms with Crippen LogP contribution in [0.25, 0.3) is 10.9 Å². The fourth-order valence-corrected chi connectivity index (χ4v) is 3.56. The maximum absolute atomic E-state index is 12.6. The first-order valence-corrected chi connectivity index (χ1v) is 7.33. The third-order valence-electron chi connectivity index (χ3n) is 4.33. The monoisotopic (exact) mass is 274 g/mol. The molecular formula is C15H18N2OS. The van der Waals surface area contributed by atoms with Gasteiger partial charge in [0.1, 0.15) is 0 Å². The Balaban J connectivity index is 2.18. The first-order valence-electron chi connectivity index (χ1n) is 6.92. The number of benzene rings is 1. The highest BCUT2D eigenvalue weighted by molar-refractivity contribution is 7.71. The molecule has 3 nitrogen and oxygen atoms in total. The standard InChI is InChI=1S/C15H18N2OS/c1-10(11-6-2-3-7-11)17-14(18)12-8-4-5-9-13(12)16-15(17)19/h4-5,8-11H,2-3,6-7H2,1H3,(H,16,19). The SMILES string of the molecule is CC(C1CCCC1)n1c(=S)[nH]c2ccccc2c1=O. The summed E-state index contributed by atoms with van der Waals surface area (Å²) in [6.45, 7) is 2.12. The van der Waals surface area contributed by atoms with Crippen LogP contribution in [0, 0.1) is 10.7 Å². The number of para-hydroxylation sites is 1. The number of nitrogens with one attached hydrogen (secondary N) is 1. The molecule has 0 aliphatic heterocycles. The van der Waals surface area contributed by atoms with E-state index in [4.69, 9.17) is 12.2 Å². The summed E-state index contributed by atoms with van der Waals surface area (Å²) in [4.78, 5) is 15.8. The number of rotatable bonds is 2. The molecule has 100 valence electrons. The molecular weight excluding hydrogens is 256 g/mol. The zero-order valence-electron chi connectivity index (χ0n) is 11.1. The lowest BCUT2D eigenvalue weighted by atomic mass is 9.99. The summed E-state index contributed by atoms with van der Waals surface area (Å²) in [5.41, 5.74) is 0.867. The van der Waals surface area contributed by atoms with Crippen LogP contribution in [-0.4, -0.2) is 9.55 Å². The van der Waals surface area contributed by atoms with Crippen molar-refractivity contribution in [1.29, 1.82) is 0 Å². The Morgan fingerprint density at radius 2 is 2.00 bits per heavy atom. The van der Waals surface area contributed by atoms with Gasteiger partial charge in [-0.25, -0.2) is 0 Å². The van der Waals surface area contributed by atoms with Crippen molar-refractivity contribution in [3.63, 3.8) is 0 Å². The van der Waals surface area contributed by atoms with Gasteiger partial charge in [0.2, 0.25) is 0 Å². The number of aromatic amines is 1. The van der Waals surface area contributed by atoms with Gasteiger partial charge in [-0.05, 0) is 50.0 Å². The molecule has 1 aliphatic rings. The van der Waals surface area contributed by atoms with Crippen molar-refractivity contribution in [3.05, 3.63) is 39.4 Å². The van der Waals surface area contributed by atoms with Crippen LogP contribution in [0.1, 0.15) is 38.6 Å². The number of aromatic nitrogens is 2. The molecule has 19 heavy (non-hydrogen) atoms. The lowest BCUT2D eigenvalue weighted by molar-refractivity contribution is 0.348. The van der Waals surface area contributed by atoms with Gasteiger partial charge in [-0.15, -0.1) is 0 Å². The molecule has 1 atom stereocenters. The molecule has 0 spiro atoms. The van der Waals surface area contributed by atoms with Gasteiger partial charge in [0.25, 0.3) is 5.56 Å². The molecule has 1 aliphatic carbocycles. The fourth-order valence-electron chi connectivity index (χ4n) is 3.20. The number of hydrogen-bond acceptors (Lipinski definition) is 2. The van der Waals surface area contributed by atoms with Gasteiger partial charge in [0.15, 0.2) is 4.77 Å². The van der Waals surface area contributed by atoms with Gasteiger partial charge in [0, 0.05) is 6.04 Å². The van der Waals surface area contributed by atoms with Crippen molar-refractivity contribution in [2.45, 2.75) is 38.6 Å². The molecule has 1 unspecified atom stereocenters. The van der Waals surface area contributed by atoms with Crippen molar-refractivity contribution in [2.75, 3.05) is 0 Å². The van der Waals surface area contributed by atoms with E-state index in [-0.39, 0.29) is 11.6 Å². The molecule has 1 saturated carbocycles. The molecule has 0 radical (unpaired) electrons. The average molecular weight is 274 g/mol. The molecule has 0 bridgehead atoms. The molecule has 1 fully saturated rings. The predicted molar refractivity (Wildman–Crippen MR) is 80.1 cm³/mol. The Bertz CT molecular complexity index is 710. The number of H-pyrrole nitrogens is 1. The van der Waals surface area contributed by atoms with E-state index in [1.807, 2.05) is 24.3 Å². The van der Waals surface area contributed by atoms with Gasteiger partial charge in [-0.2, -0.15) is 0 Å². The fraction of sp³-hybridized carbons (Fsp3) is 0.467. The van der Waals surface area contributed by atoms with Gasteiger partial charge in [-0.3, -0.25) is 9.36 Å². The lowest BCUT2D eigenvalue weighted by Crippen LogP contribution is -2.28. The zero-order chi connectivity index (χ0) is 13.4. The minimum absolute atomic E-state index is 0.0405. The quantitative estimate of drug-likeness (QED) is 0.846. The van der Waals surface area contributed by atoms with Crippen molar-refractivity contribution in [1.82, 2.24) is 9.55 Å². The van der Waals surface area contributed by atoms with E-state index in [2.05, 4.69) is 11.9 Å². The van der Waals surface area contributed by atoms with E-state index in [1.165, 1.54) is 25.7 Å². The highest BCUT2D eigenvalue weighted by Crippen LogP contribution is 2.33. The number of fused-ring (bicyclic) bond motifs is 1. The van der Waals surface area contributed by atoms with Crippen LogP contribution in [-0.2, 0) is 0 Å². The van der Waals surface area contributed by atoms with E-state index in [0.29, 0.717) is 10.7 Å². The highest BCUT2D eigenvalue weighted by atomic mass is 32.1. The molecule has 4 heteroatoms.